The Balaban J connectivity index is 1.49. The fourth-order valence-corrected chi connectivity index (χ4v) is 3.90. The van der Waals surface area contributed by atoms with Gasteiger partial charge in [0.25, 0.3) is 11.8 Å². The topological polar surface area (TPSA) is 75.7 Å². The number of hydrogen-bond acceptors (Lipinski definition) is 5. The Morgan fingerprint density at radius 2 is 1.56 bits per heavy atom. The van der Waals surface area contributed by atoms with Crippen LogP contribution in [0, 0.1) is 13.8 Å². The van der Waals surface area contributed by atoms with E-state index in [-0.39, 0.29) is 10.7 Å². The van der Waals surface area contributed by atoms with Crippen LogP contribution in [0.1, 0.15) is 21.5 Å². The van der Waals surface area contributed by atoms with Crippen molar-refractivity contribution in [3.8, 4) is 5.75 Å². The second-order valence-corrected chi connectivity index (χ2v) is 8.79. The standard InChI is InChI=1S/C25H17Cl3N2O4/c1-13-3-9-18(12-19(13)27)30-23(31)21(28)22(24(30)32)29-17-7-4-15(5-8-17)25(33)34-20-10-6-16(26)11-14(20)2/h3-12,29H,1-2H3. The monoisotopic (exact) mass is 514 g/mol. The molecule has 0 saturated carbocycles. The highest BCUT2D eigenvalue weighted by atomic mass is 35.5. The summed E-state index contributed by atoms with van der Waals surface area (Å²) < 4.78 is 5.42. The summed E-state index contributed by atoms with van der Waals surface area (Å²) in [6.45, 7) is 3.60. The molecule has 3 aromatic rings. The van der Waals surface area contributed by atoms with Crippen LogP contribution in [0.2, 0.25) is 10.0 Å². The summed E-state index contributed by atoms with van der Waals surface area (Å²) >= 11 is 18.2. The third-order valence-electron chi connectivity index (χ3n) is 5.17. The van der Waals surface area contributed by atoms with Gasteiger partial charge < -0.3 is 10.1 Å². The number of amides is 2. The fourth-order valence-electron chi connectivity index (χ4n) is 3.29. The lowest BCUT2D eigenvalue weighted by Crippen LogP contribution is -2.32. The average Bonchev–Trinajstić information content (AvgIpc) is 3.01. The Kier molecular flexibility index (Phi) is 6.66. The van der Waals surface area contributed by atoms with Crippen molar-refractivity contribution in [2.24, 2.45) is 0 Å². The number of ether oxygens (including phenoxy) is 1. The van der Waals surface area contributed by atoms with E-state index in [9.17, 15) is 14.4 Å². The Morgan fingerprint density at radius 3 is 2.21 bits per heavy atom. The molecule has 0 aromatic heterocycles. The number of rotatable bonds is 5. The summed E-state index contributed by atoms with van der Waals surface area (Å²) in [7, 11) is 0. The number of carbonyl (C=O) groups is 3. The maximum Gasteiger partial charge on any atom is 0.343 e. The molecule has 0 radical (unpaired) electrons. The molecule has 0 unspecified atom stereocenters. The summed E-state index contributed by atoms with van der Waals surface area (Å²) in [6.07, 6.45) is 0. The molecule has 3 aromatic carbocycles. The lowest BCUT2D eigenvalue weighted by molar-refractivity contribution is -0.120. The fraction of sp³-hybridized carbons (Fsp3) is 0.0800. The predicted octanol–water partition coefficient (Wildman–Crippen LogP) is 6.27. The van der Waals surface area contributed by atoms with Gasteiger partial charge in [0.1, 0.15) is 16.5 Å². The highest BCUT2D eigenvalue weighted by molar-refractivity contribution is 6.53. The Labute approximate surface area is 210 Å². The number of aryl methyl sites for hydroxylation is 2. The number of nitrogens with one attached hydrogen (secondary N) is 1. The summed E-state index contributed by atoms with van der Waals surface area (Å²) in [5, 5.41) is 3.59. The second kappa shape index (κ2) is 9.50. The Bertz CT molecular complexity index is 1370. The summed E-state index contributed by atoms with van der Waals surface area (Å²) in [5.41, 5.74) is 2.53. The highest BCUT2D eigenvalue weighted by Crippen LogP contribution is 2.32. The van der Waals surface area contributed by atoms with Crippen molar-refractivity contribution >= 4 is 64.0 Å². The number of esters is 1. The van der Waals surface area contributed by atoms with Crippen molar-refractivity contribution in [3.63, 3.8) is 0 Å². The molecule has 172 valence electrons. The zero-order valence-electron chi connectivity index (χ0n) is 18.0. The van der Waals surface area contributed by atoms with Crippen molar-refractivity contribution in [1.29, 1.82) is 0 Å². The number of hydrogen-bond donors (Lipinski definition) is 1. The van der Waals surface area contributed by atoms with Crippen molar-refractivity contribution < 1.29 is 19.1 Å². The van der Waals surface area contributed by atoms with E-state index in [0.717, 1.165) is 16.0 Å². The van der Waals surface area contributed by atoms with Gasteiger partial charge in [-0.25, -0.2) is 9.69 Å². The third kappa shape index (κ3) is 4.66. The van der Waals surface area contributed by atoms with Gasteiger partial charge in [0, 0.05) is 15.7 Å². The van der Waals surface area contributed by atoms with Crippen LogP contribution in [0.25, 0.3) is 0 Å². The molecule has 4 rings (SSSR count). The van der Waals surface area contributed by atoms with Gasteiger partial charge in [0.2, 0.25) is 0 Å². The molecule has 0 atom stereocenters. The molecule has 1 heterocycles. The number of anilines is 2. The molecule has 2 amide bonds. The first-order valence-corrected chi connectivity index (χ1v) is 11.2. The van der Waals surface area contributed by atoms with Crippen LogP contribution in [0.15, 0.2) is 71.4 Å². The average molecular weight is 516 g/mol. The van der Waals surface area contributed by atoms with Crippen molar-refractivity contribution in [3.05, 3.63) is 98.1 Å². The van der Waals surface area contributed by atoms with E-state index in [1.807, 2.05) is 6.92 Å². The summed E-state index contributed by atoms with van der Waals surface area (Å²) in [6, 6.07) is 16.0. The number of nitrogens with zero attached hydrogens (tertiary/aromatic N) is 1. The van der Waals surface area contributed by atoms with Gasteiger partial charge in [0.05, 0.1) is 11.3 Å². The Morgan fingerprint density at radius 1 is 0.853 bits per heavy atom. The minimum absolute atomic E-state index is 0.0736. The summed E-state index contributed by atoms with van der Waals surface area (Å²) in [5.74, 6) is -1.42. The number of imide groups is 1. The van der Waals surface area contributed by atoms with Crippen LogP contribution in [0.4, 0.5) is 11.4 Å². The van der Waals surface area contributed by atoms with E-state index < -0.39 is 17.8 Å². The van der Waals surface area contributed by atoms with Crippen molar-refractivity contribution in [1.82, 2.24) is 0 Å². The predicted molar refractivity (Wildman–Crippen MR) is 133 cm³/mol. The van der Waals surface area contributed by atoms with Gasteiger partial charge in [-0.1, -0.05) is 40.9 Å². The largest absolute Gasteiger partial charge is 0.423 e. The van der Waals surface area contributed by atoms with Gasteiger partial charge in [-0.15, -0.1) is 0 Å². The lowest BCUT2D eigenvalue weighted by Gasteiger charge is -2.16. The van der Waals surface area contributed by atoms with Gasteiger partial charge in [0.15, 0.2) is 0 Å². The zero-order valence-corrected chi connectivity index (χ0v) is 20.3. The van der Waals surface area contributed by atoms with Gasteiger partial charge in [-0.2, -0.15) is 0 Å². The molecule has 1 aliphatic rings. The molecule has 1 N–H and O–H groups in total. The smallest absolute Gasteiger partial charge is 0.343 e. The number of halogens is 3. The minimum Gasteiger partial charge on any atom is -0.423 e. The quantitative estimate of drug-likeness (QED) is 0.246. The molecule has 1 aliphatic heterocycles. The van der Waals surface area contributed by atoms with E-state index in [1.54, 1.807) is 49.4 Å². The van der Waals surface area contributed by atoms with Crippen LogP contribution in [-0.4, -0.2) is 17.8 Å². The van der Waals surface area contributed by atoms with E-state index in [1.165, 1.54) is 18.2 Å². The SMILES string of the molecule is Cc1ccc(N2C(=O)C(Cl)=C(Nc3ccc(C(=O)Oc4ccc(Cl)cc4C)cc3)C2=O)cc1Cl. The molecule has 0 bridgehead atoms. The molecule has 0 spiro atoms. The van der Waals surface area contributed by atoms with Crippen LogP contribution < -0.4 is 15.0 Å². The van der Waals surface area contributed by atoms with E-state index in [2.05, 4.69) is 5.32 Å². The van der Waals surface area contributed by atoms with Crippen LogP contribution in [0.5, 0.6) is 5.75 Å². The van der Waals surface area contributed by atoms with Crippen molar-refractivity contribution in [2.45, 2.75) is 13.8 Å². The molecule has 6 nitrogen and oxygen atoms in total. The third-order valence-corrected chi connectivity index (χ3v) is 6.16. The molecule has 0 aliphatic carbocycles. The first-order valence-electron chi connectivity index (χ1n) is 10.1. The summed E-state index contributed by atoms with van der Waals surface area (Å²) in [4.78, 5) is 39.0. The molecular weight excluding hydrogens is 499 g/mol. The van der Waals surface area contributed by atoms with Crippen LogP contribution in [-0.2, 0) is 9.59 Å². The molecule has 0 fully saturated rings. The van der Waals surface area contributed by atoms with E-state index in [0.29, 0.717) is 32.7 Å². The van der Waals surface area contributed by atoms with Crippen LogP contribution in [0.3, 0.4) is 0 Å². The molecule has 34 heavy (non-hydrogen) atoms. The first-order chi connectivity index (χ1) is 16.2. The van der Waals surface area contributed by atoms with E-state index in [4.69, 9.17) is 39.5 Å². The van der Waals surface area contributed by atoms with Gasteiger partial charge in [-0.3, -0.25) is 9.59 Å². The maximum atomic E-state index is 12.9. The second-order valence-electron chi connectivity index (χ2n) is 7.57. The Hall–Kier alpha value is -3.32. The zero-order chi connectivity index (χ0) is 24.6. The normalized spacial score (nSPS) is 13.5. The van der Waals surface area contributed by atoms with Gasteiger partial charge >= 0.3 is 5.97 Å². The van der Waals surface area contributed by atoms with Gasteiger partial charge in [-0.05, 0) is 79.6 Å². The molecule has 0 saturated heterocycles. The number of benzene rings is 3. The number of carbonyl (C=O) groups excluding carboxylic acids is 3. The van der Waals surface area contributed by atoms with E-state index >= 15 is 0 Å². The molecular formula is C25H17Cl3N2O4. The lowest BCUT2D eigenvalue weighted by atomic mass is 10.2. The maximum absolute atomic E-state index is 12.9. The van der Waals surface area contributed by atoms with Crippen molar-refractivity contribution in [2.75, 3.05) is 10.2 Å². The van der Waals surface area contributed by atoms with Crippen LogP contribution >= 0.6 is 34.8 Å². The highest BCUT2D eigenvalue weighted by Gasteiger charge is 2.39. The minimum atomic E-state index is -0.660. The first kappa shape index (κ1) is 23.8. The molecule has 9 heteroatoms.